The monoisotopic (exact) mass is 165 g/mol. The molecule has 1 aliphatic carbocycles. The summed E-state index contributed by atoms with van der Waals surface area (Å²) < 4.78 is 0. The number of hydrogen-bond donors (Lipinski definition) is 3. The van der Waals surface area contributed by atoms with Crippen LogP contribution in [-0.4, -0.2) is 12.3 Å². The molecule has 3 heteroatoms. The van der Waals surface area contributed by atoms with Gasteiger partial charge >= 0.3 is 0 Å². The van der Waals surface area contributed by atoms with Crippen LogP contribution in [0.5, 0.6) is 0 Å². The third-order valence-electron chi connectivity index (χ3n) is 1.13. The molecule has 5 N–H and O–H groups in total. The van der Waals surface area contributed by atoms with Crippen molar-refractivity contribution in [2.24, 2.45) is 11.5 Å². The topological polar surface area (TPSA) is 75.9 Å². The summed E-state index contributed by atoms with van der Waals surface area (Å²) >= 11 is 0. The van der Waals surface area contributed by atoms with Crippen LogP contribution >= 0.6 is 0 Å². The average molecular weight is 165 g/mol. The summed E-state index contributed by atoms with van der Waals surface area (Å²) in [4.78, 5) is 0. The minimum Gasteiger partial charge on any atom is -0.399 e. The maximum atomic E-state index is 7.20. The normalized spacial score (nSPS) is 15.0. The quantitative estimate of drug-likeness (QED) is 0.499. The Morgan fingerprint density at radius 1 is 1.50 bits per heavy atom. The van der Waals surface area contributed by atoms with Crippen LogP contribution in [0.3, 0.4) is 0 Å². The van der Waals surface area contributed by atoms with Gasteiger partial charge in [0.15, 0.2) is 0 Å². The van der Waals surface area contributed by atoms with Crippen LogP contribution < -0.4 is 11.5 Å². The summed E-state index contributed by atoms with van der Waals surface area (Å²) in [6.45, 7) is 6.27. The first-order valence-electron chi connectivity index (χ1n) is 3.75. The molecule has 3 nitrogen and oxygen atoms in total. The molecule has 0 spiro atoms. The van der Waals surface area contributed by atoms with Gasteiger partial charge < -0.3 is 16.9 Å². The molecule has 0 bridgehead atoms. The number of hydrogen-bond acceptors (Lipinski definition) is 3. The lowest BCUT2D eigenvalue weighted by Crippen LogP contribution is -2.04. The van der Waals surface area contributed by atoms with E-state index in [9.17, 15) is 0 Å². The van der Waals surface area contributed by atoms with Crippen molar-refractivity contribution in [3.8, 4) is 0 Å². The van der Waals surface area contributed by atoms with Crippen LogP contribution in [-0.2, 0) is 0 Å². The molecular formula is C9H15N3. The maximum absolute atomic E-state index is 7.20. The van der Waals surface area contributed by atoms with Gasteiger partial charge in [0.05, 0.1) is 5.71 Å². The van der Waals surface area contributed by atoms with E-state index in [4.69, 9.17) is 16.9 Å². The molecule has 0 aromatic carbocycles. The molecule has 66 valence electrons. The summed E-state index contributed by atoms with van der Waals surface area (Å²) in [7, 11) is 0. The lowest BCUT2D eigenvalue weighted by Gasteiger charge is -2.03. The van der Waals surface area contributed by atoms with Gasteiger partial charge in [0.25, 0.3) is 0 Å². The molecular weight excluding hydrogens is 150 g/mol. The van der Waals surface area contributed by atoms with Crippen molar-refractivity contribution in [1.29, 1.82) is 5.41 Å². The van der Waals surface area contributed by atoms with Crippen molar-refractivity contribution < 1.29 is 0 Å². The molecule has 0 atom stereocenters. The molecule has 0 heterocycles. The number of nitrogens with one attached hydrogen (secondary N) is 1. The predicted molar refractivity (Wildman–Crippen MR) is 53.0 cm³/mol. The molecule has 12 heavy (non-hydrogen) atoms. The standard InChI is InChI=1S/C7H8N2.C2H7N/c1-5-4-6(8)2-3-7(5)9;1-2-3/h2-4,9H,1,8H2;2-3H2,1H3. The SMILES string of the molecule is C=C1C=C(N)C=CC1=N.CCN. The van der Waals surface area contributed by atoms with Crippen LogP contribution in [0.15, 0.2) is 36.1 Å². The van der Waals surface area contributed by atoms with Crippen LogP contribution in [0.4, 0.5) is 0 Å². The Labute approximate surface area is 73.0 Å². The van der Waals surface area contributed by atoms with Crippen LogP contribution in [0.25, 0.3) is 0 Å². The van der Waals surface area contributed by atoms with E-state index in [0.717, 1.165) is 6.54 Å². The molecule has 1 aliphatic rings. The smallest absolute Gasteiger partial charge is 0.0607 e. The van der Waals surface area contributed by atoms with Crippen LogP contribution in [0.2, 0.25) is 0 Å². The molecule has 1 rings (SSSR count). The summed E-state index contributed by atoms with van der Waals surface area (Å²) in [5.41, 5.74) is 12.0. The van der Waals surface area contributed by atoms with E-state index in [2.05, 4.69) is 6.58 Å². The highest BCUT2D eigenvalue weighted by atomic mass is 14.6. The van der Waals surface area contributed by atoms with Gasteiger partial charge in [-0.25, -0.2) is 0 Å². The van der Waals surface area contributed by atoms with Crippen molar-refractivity contribution in [2.75, 3.05) is 6.54 Å². The second-order valence-electron chi connectivity index (χ2n) is 2.32. The largest absolute Gasteiger partial charge is 0.399 e. The third-order valence-corrected chi connectivity index (χ3v) is 1.13. The Morgan fingerprint density at radius 2 is 2.00 bits per heavy atom. The van der Waals surface area contributed by atoms with E-state index in [1.165, 1.54) is 0 Å². The van der Waals surface area contributed by atoms with Gasteiger partial charge in [0, 0.05) is 5.70 Å². The van der Waals surface area contributed by atoms with Gasteiger partial charge in [-0.15, -0.1) is 0 Å². The predicted octanol–water partition coefficient (Wildman–Crippen LogP) is 0.940. The first-order chi connectivity index (χ1) is 5.61. The number of nitrogens with two attached hydrogens (primary N) is 2. The van der Waals surface area contributed by atoms with E-state index < -0.39 is 0 Å². The fourth-order valence-corrected chi connectivity index (χ4v) is 0.614. The van der Waals surface area contributed by atoms with Gasteiger partial charge in [-0.05, 0) is 30.3 Å². The zero-order valence-electron chi connectivity index (χ0n) is 7.30. The molecule has 0 fully saturated rings. The zero-order valence-corrected chi connectivity index (χ0v) is 7.30. The molecule has 0 radical (unpaired) electrons. The molecule has 0 saturated heterocycles. The van der Waals surface area contributed by atoms with Gasteiger partial charge in [-0.3, -0.25) is 0 Å². The van der Waals surface area contributed by atoms with Gasteiger partial charge in [-0.1, -0.05) is 13.5 Å². The number of rotatable bonds is 0. The Hall–Kier alpha value is -1.35. The van der Waals surface area contributed by atoms with E-state index in [1.54, 1.807) is 18.2 Å². The fourth-order valence-electron chi connectivity index (χ4n) is 0.614. The first kappa shape index (κ1) is 10.7. The van der Waals surface area contributed by atoms with Gasteiger partial charge in [-0.2, -0.15) is 0 Å². The van der Waals surface area contributed by atoms with Gasteiger partial charge in [0.1, 0.15) is 0 Å². The summed E-state index contributed by atoms with van der Waals surface area (Å²) in [6, 6.07) is 0. The summed E-state index contributed by atoms with van der Waals surface area (Å²) in [6.07, 6.45) is 5.01. The van der Waals surface area contributed by atoms with Crippen molar-refractivity contribution in [3.05, 3.63) is 36.1 Å². The lowest BCUT2D eigenvalue weighted by atomic mass is 10.1. The minimum atomic E-state index is 0.434. The van der Waals surface area contributed by atoms with Gasteiger partial charge in [0.2, 0.25) is 0 Å². The molecule has 0 unspecified atom stereocenters. The van der Waals surface area contributed by atoms with Crippen molar-refractivity contribution in [1.82, 2.24) is 0 Å². The summed E-state index contributed by atoms with van der Waals surface area (Å²) in [5, 5.41) is 7.20. The first-order valence-corrected chi connectivity index (χ1v) is 3.75. The second-order valence-corrected chi connectivity index (χ2v) is 2.32. The van der Waals surface area contributed by atoms with E-state index >= 15 is 0 Å². The molecule has 0 saturated carbocycles. The fraction of sp³-hybridized carbons (Fsp3) is 0.222. The third kappa shape index (κ3) is 3.73. The lowest BCUT2D eigenvalue weighted by molar-refractivity contribution is 1.14. The molecule has 0 aromatic heterocycles. The zero-order chi connectivity index (χ0) is 9.56. The Kier molecular flexibility index (Phi) is 4.72. The Bertz CT molecular complexity index is 236. The van der Waals surface area contributed by atoms with E-state index in [0.29, 0.717) is 17.0 Å². The number of allylic oxidation sites excluding steroid dienone is 4. The average Bonchev–Trinajstić information content (AvgIpc) is 1.99. The molecule has 0 aromatic rings. The highest BCUT2D eigenvalue weighted by Gasteiger charge is 1.99. The van der Waals surface area contributed by atoms with Crippen LogP contribution in [0.1, 0.15) is 6.92 Å². The highest BCUT2D eigenvalue weighted by Crippen LogP contribution is 2.06. The van der Waals surface area contributed by atoms with E-state index in [-0.39, 0.29) is 0 Å². The Morgan fingerprint density at radius 3 is 2.33 bits per heavy atom. The second kappa shape index (κ2) is 5.32. The van der Waals surface area contributed by atoms with Crippen molar-refractivity contribution >= 4 is 5.71 Å². The maximum Gasteiger partial charge on any atom is 0.0607 e. The minimum absolute atomic E-state index is 0.434. The highest BCUT2D eigenvalue weighted by molar-refractivity contribution is 6.09. The van der Waals surface area contributed by atoms with Crippen molar-refractivity contribution in [3.63, 3.8) is 0 Å². The van der Waals surface area contributed by atoms with E-state index in [1.807, 2.05) is 6.92 Å². The summed E-state index contributed by atoms with van der Waals surface area (Å²) in [5.74, 6) is 0. The Balaban J connectivity index is 0.000000354. The van der Waals surface area contributed by atoms with Crippen LogP contribution in [0, 0.1) is 5.41 Å². The van der Waals surface area contributed by atoms with Crippen molar-refractivity contribution in [2.45, 2.75) is 6.92 Å². The molecule has 0 aliphatic heterocycles. The molecule has 0 amide bonds.